The molecule has 2 rings (SSSR count). The molecular formula is C16H18ClN3O. The summed E-state index contributed by atoms with van der Waals surface area (Å²) in [5.74, 6) is 0.421. The highest BCUT2D eigenvalue weighted by Gasteiger charge is 2.17. The molecule has 110 valence electrons. The lowest BCUT2D eigenvalue weighted by Crippen LogP contribution is -2.18. The van der Waals surface area contributed by atoms with E-state index in [0.717, 1.165) is 11.1 Å². The number of carbonyl (C=O) groups excluding carboxylic acids is 1. The first kappa shape index (κ1) is 15.4. The zero-order valence-corrected chi connectivity index (χ0v) is 13.6. The minimum Gasteiger partial charge on any atom is -0.320 e. The Hall–Kier alpha value is -1.94. The normalized spacial score (nSPS) is 10.6. The van der Waals surface area contributed by atoms with Crippen LogP contribution in [0.1, 0.15) is 38.7 Å². The van der Waals surface area contributed by atoms with E-state index in [1.807, 2.05) is 32.9 Å². The molecule has 21 heavy (non-hydrogen) atoms. The molecule has 1 aromatic heterocycles. The first-order valence-electron chi connectivity index (χ1n) is 6.69. The van der Waals surface area contributed by atoms with Crippen molar-refractivity contribution in [3.63, 3.8) is 0 Å². The molecule has 0 atom stereocenters. The van der Waals surface area contributed by atoms with Crippen molar-refractivity contribution in [3.05, 3.63) is 51.1 Å². The number of hydrogen-bond acceptors (Lipinski definition) is 3. The fourth-order valence-electron chi connectivity index (χ4n) is 2.46. The lowest BCUT2D eigenvalue weighted by molar-refractivity contribution is 0.102. The number of aryl methyl sites for hydroxylation is 5. The van der Waals surface area contributed by atoms with E-state index < -0.39 is 0 Å². The van der Waals surface area contributed by atoms with Crippen LogP contribution in [0.3, 0.4) is 0 Å². The monoisotopic (exact) mass is 303 g/mol. The minimum absolute atomic E-state index is 0.237. The van der Waals surface area contributed by atoms with E-state index in [1.54, 1.807) is 13.8 Å². The second-order valence-electron chi connectivity index (χ2n) is 5.21. The summed E-state index contributed by atoms with van der Waals surface area (Å²) in [6, 6.07) is 3.81. The van der Waals surface area contributed by atoms with Crippen LogP contribution in [0.4, 0.5) is 5.69 Å². The van der Waals surface area contributed by atoms with Gasteiger partial charge in [0.05, 0.1) is 27.7 Å². The molecule has 0 aliphatic rings. The van der Waals surface area contributed by atoms with E-state index in [-0.39, 0.29) is 5.91 Å². The Morgan fingerprint density at radius 2 is 1.62 bits per heavy atom. The molecule has 0 spiro atoms. The maximum Gasteiger partial charge on any atom is 0.259 e. The average Bonchev–Trinajstić information content (AvgIpc) is 2.32. The quantitative estimate of drug-likeness (QED) is 0.914. The van der Waals surface area contributed by atoms with Gasteiger partial charge in [-0.25, -0.2) is 9.97 Å². The molecule has 0 saturated carbocycles. The number of amides is 1. The lowest BCUT2D eigenvalue weighted by atomic mass is 10.1. The number of halogens is 1. The number of carbonyl (C=O) groups is 1. The Morgan fingerprint density at radius 3 is 2.14 bits per heavy atom. The molecule has 1 amide bonds. The van der Waals surface area contributed by atoms with Crippen LogP contribution in [-0.2, 0) is 0 Å². The minimum atomic E-state index is -0.237. The van der Waals surface area contributed by atoms with Gasteiger partial charge in [0.2, 0.25) is 0 Å². The molecule has 0 bridgehead atoms. The molecule has 1 N–H and O–H groups in total. The fraction of sp³-hybridized carbons (Fsp3) is 0.312. The van der Waals surface area contributed by atoms with Gasteiger partial charge >= 0.3 is 0 Å². The van der Waals surface area contributed by atoms with Gasteiger partial charge in [-0.1, -0.05) is 17.7 Å². The zero-order chi connectivity index (χ0) is 15.7. The summed E-state index contributed by atoms with van der Waals surface area (Å²) in [4.78, 5) is 21.0. The summed E-state index contributed by atoms with van der Waals surface area (Å²) in [6.45, 7) is 9.30. The van der Waals surface area contributed by atoms with Crippen molar-refractivity contribution in [1.82, 2.24) is 9.97 Å². The number of rotatable bonds is 2. The largest absolute Gasteiger partial charge is 0.320 e. The van der Waals surface area contributed by atoms with Gasteiger partial charge in [0.25, 0.3) is 5.91 Å². The summed E-state index contributed by atoms with van der Waals surface area (Å²) in [7, 11) is 0. The van der Waals surface area contributed by atoms with Crippen LogP contribution in [0.15, 0.2) is 12.1 Å². The van der Waals surface area contributed by atoms with Gasteiger partial charge in [0.1, 0.15) is 5.82 Å². The highest BCUT2D eigenvalue weighted by atomic mass is 35.5. The van der Waals surface area contributed by atoms with Gasteiger partial charge in [0, 0.05) is 0 Å². The second-order valence-corrected chi connectivity index (χ2v) is 5.62. The Kier molecular flexibility index (Phi) is 4.28. The number of nitrogens with one attached hydrogen (secondary N) is 1. The van der Waals surface area contributed by atoms with E-state index in [0.29, 0.717) is 33.5 Å². The van der Waals surface area contributed by atoms with Crippen LogP contribution in [0.25, 0.3) is 0 Å². The maximum atomic E-state index is 12.5. The number of aromatic nitrogens is 2. The van der Waals surface area contributed by atoms with Crippen molar-refractivity contribution < 1.29 is 4.79 Å². The van der Waals surface area contributed by atoms with Gasteiger partial charge < -0.3 is 5.32 Å². The Balaban J connectivity index is 2.40. The van der Waals surface area contributed by atoms with Crippen molar-refractivity contribution >= 4 is 23.2 Å². The summed E-state index contributed by atoms with van der Waals surface area (Å²) >= 11 is 6.23. The molecule has 1 aromatic carbocycles. The third-order valence-corrected chi connectivity index (χ3v) is 3.58. The number of nitrogens with zero attached hydrogens (tertiary/aromatic N) is 2. The third-order valence-electron chi connectivity index (χ3n) is 3.28. The van der Waals surface area contributed by atoms with Crippen LogP contribution in [0, 0.1) is 34.6 Å². The number of hydrogen-bond donors (Lipinski definition) is 1. The van der Waals surface area contributed by atoms with E-state index in [9.17, 15) is 4.79 Å². The number of benzene rings is 1. The van der Waals surface area contributed by atoms with Gasteiger partial charge in [-0.3, -0.25) is 4.79 Å². The summed E-state index contributed by atoms with van der Waals surface area (Å²) < 4.78 is 0. The molecule has 0 unspecified atom stereocenters. The van der Waals surface area contributed by atoms with Gasteiger partial charge in [-0.15, -0.1) is 0 Å². The molecular weight excluding hydrogens is 286 g/mol. The van der Waals surface area contributed by atoms with Crippen molar-refractivity contribution in [1.29, 1.82) is 0 Å². The van der Waals surface area contributed by atoms with Crippen molar-refractivity contribution in [2.45, 2.75) is 34.6 Å². The lowest BCUT2D eigenvalue weighted by Gasteiger charge is -2.14. The van der Waals surface area contributed by atoms with Crippen LogP contribution in [-0.4, -0.2) is 15.9 Å². The maximum absolute atomic E-state index is 12.5. The topological polar surface area (TPSA) is 54.9 Å². The molecule has 2 aromatic rings. The van der Waals surface area contributed by atoms with Gasteiger partial charge in [-0.05, 0) is 51.8 Å². The Labute approximate surface area is 129 Å². The van der Waals surface area contributed by atoms with Crippen molar-refractivity contribution in [3.8, 4) is 0 Å². The smallest absolute Gasteiger partial charge is 0.259 e. The average molecular weight is 304 g/mol. The van der Waals surface area contributed by atoms with E-state index >= 15 is 0 Å². The van der Waals surface area contributed by atoms with Gasteiger partial charge in [0.15, 0.2) is 0 Å². The second kappa shape index (κ2) is 5.82. The molecule has 0 radical (unpaired) electrons. The molecule has 0 aliphatic heterocycles. The predicted molar refractivity (Wildman–Crippen MR) is 85.1 cm³/mol. The molecule has 4 nitrogen and oxygen atoms in total. The SMILES string of the molecule is Cc1cc(C)c(NC(=O)c2c(C)nc(C)nc2C)c(Cl)c1. The van der Waals surface area contributed by atoms with Gasteiger partial charge in [-0.2, -0.15) is 0 Å². The first-order valence-corrected chi connectivity index (χ1v) is 7.07. The summed E-state index contributed by atoms with van der Waals surface area (Å²) in [6.07, 6.45) is 0. The van der Waals surface area contributed by atoms with Crippen molar-refractivity contribution in [2.24, 2.45) is 0 Å². The third kappa shape index (κ3) is 3.22. The molecule has 0 saturated heterocycles. The molecule has 0 fully saturated rings. The predicted octanol–water partition coefficient (Wildman–Crippen LogP) is 3.92. The van der Waals surface area contributed by atoms with Crippen LogP contribution in [0.2, 0.25) is 5.02 Å². The van der Waals surface area contributed by atoms with Crippen LogP contribution < -0.4 is 5.32 Å². The molecule has 0 aliphatic carbocycles. The zero-order valence-electron chi connectivity index (χ0n) is 12.8. The Morgan fingerprint density at radius 1 is 1.05 bits per heavy atom. The van der Waals surface area contributed by atoms with Crippen LogP contribution in [0.5, 0.6) is 0 Å². The standard InChI is InChI=1S/C16H18ClN3O/c1-8-6-9(2)15(13(17)7-8)20-16(21)14-10(3)18-12(5)19-11(14)4/h6-7H,1-5H3,(H,20,21). The van der Waals surface area contributed by atoms with Crippen molar-refractivity contribution in [2.75, 3.05) is 5.32 Å². The Bertz CT molecular complexity index is 679. The highest BCUT2D eigenvalue weighted by Crippen LogP contribution is 2.28. The first-order chi connectivity index (χ1) is 9.79. The van der Waals surface area contributed by atoms with E-state index in [1.165, 1.54) is 0 Å². The van der Waals surface area contributed by atoms with E-state index in [2.05, 4.69) is 15.3 Å². The summed E-state index contributed by atoms with van der Waals surface area (Å²) in [5, 5.41) is 3.40. The molecule has 1 heterocycles. The fourth-order valence-corrected chi connectivity index (χ4v) is 2.83. The highest BCUT2D eigenvalue weighted by molar-refractivity contribution is 6.34. The van der Waals surface area contributed by atoms with E-state index in [4.69, 9.17) is 11.6 Å². The molecule has 5 heteroatoms. The number of anilines is 1. The van der Waals surface area contributed by atoms with Crippen LogP contribution >= 0.6 is 11.6 Å². The summed E-state index contributed by atoms with van der Waals surface area (Å²) in [5.41, 5.74) is 4.44.